The minimum atomic E-state index is -0.0420. The highest BCUT2D eigenvalue weighted by Gasteiger charge is 2.18. The zero-order chi connectivity index (χ0) is 15.9. The van der Waals surface area contributed by atoms with Crippen molar-refractivity contribution in [3.05, 3.63) is 0 Å². The molecule has 0 unspecified atom stereocenters. The molecule has 1 aromatic rings. The first-order valence-electron chi connectivity index (χ1n) is 7.65. The Balaban J connectivity index is 1.79. The summed E-state index contributed by atoms with van der Waals surface area (Å²) in [6, 6.07) is 0. The molecule has 0 spiro atoms. The second-order valence-corrected chi connectivity index (χ2v) is 7.60. The molecule has 0 radical (unpaired) electrons. The molecule has 2 heterocycles. The van der Waals surface area contributed by atoms with Crippen molar-refractivity contribution in [2.75, 3.05) is 24.2 Å². The van der Waals surface area contributed by atoms with Crippen LogP contribution in [-0.4, -0.2) is 45.8 Å². The number of rotatable bonds is 6. The van der Waals surface area contributed by atoms with Crippen molar-refractivity contribution in [1.29, 1.82) is 0 Å². The number of nitrogens with one attached hydrogen (secondary N) is 1. The van der Waals surface area contributed by atoms with Crippen LogP contribution < -0.4 is 5.32 Å². The van der Waals surface area contributed by atoms with Crippen LogP contribution in [0, 0.1) is 5.92 Å². The van der Waals surface area contributed by atoms with Gasteiger partial charge in [-0.05, 0) is 25.7 Å². The molecular formula is C14H22N4O2S2. The maximum atomic E-state index is 12.1. The maximum absolute atomic E-state index is 12.1. The zero-order valence-electron chi connectivity index (χ0n) is 13.0. The van der Waals surface area contributed by atoms with Gasteiger partial charge >= 0.3 is 0 Å². The van der Waals surface area contributed by atoms with Crippen molar-refractivity contribution < 1.29 is 9.59 Å². The third-order valence-corrected chi connectivity index (χ3v) is 5.68. The number of piperidine rings is 1. The molecule has 22 heavy (non-hydrogen) atoms. The summed E-state index contributed by atoms with van der Waals surface area (Å²) in [4.78, 5) is 25.8. The van der Waals surface area contributed by atoms with Crippen LogP contribution in [0.2, 0.25) is 0 Å². The Morgan fingerprint density at radius 2 is 2.05 bits per heavy atom. The van der Waals surface area contributed by atoms with Crippen LogP contribution in [0.3, 0.4) is 0 Å². The van der Waals surface area contributed by atoms with E-state index < -0.39 is 0 Å². The van der Waals surface area contributed by atoms with Gasteiger partial charge in [0.2, 0.25) is 16.9 Å². The summed E-state index contributed by atoms with van der Waals surface area (Å²) in [6.45, 7) is 5.58. The molecule has 0 aliphatic carbocycles. The van der Waals surface area contributed by atoms with Gasteiger partial charge in [-0.15, -0.1) is 10.2 Å². The third-order valence-electron chi connectivity index (χ3n) is 3.72. The molecule has 6 nitrogen and oxygen atoms in total. The monoisotopic (exact) mass is 342 g/mol. The average molecular weight is 342 g/mol. The number of carbonyl (C=O) groups is 2. The van der Waals surface area contributed by atoms with Crippen molar-refractivity contribution in [3.63, 3.8) is 0 Å². The predicted molar refractivity (Wildman–Crippen MR) is 89.1 cm³/mol. The number of carbonyl (C=O) groups excluding carboxylic acids is 2. The minimum absolute atomic E-state index is 0.0410. The number of likely N-dealkylation sites (tertiary alicyclic amines) is 1. The van der Waals surface area contributed by atoms with Crippen LogP contribution >= 0.6 is 23.1 Å². The van der Waals surface area contributed by atoms with Gasteiger partial charge in [0.1, 0.15) is 0 Å². The fourth-order valence-corrected chi connectivity index (χ4v) is 3.75. The lowest BCUT2D eigenvalue weighted by Crippen LogP contribution is -2.36. The van der Waals surface area contributed by atoms with E-state index in [0.717, 1.165) is 32.4 Å². The number of aromatic nitrogens is 2. The van der Waals surface area contributed by atoms with Crippen LogP contribution in [-0.2, 0) is 9.59 Å². The van der Waals surface area contributed by atoms with Crippen LogP contribution in [0.15, 0.2) is 4.34 Å². The van der Waals surface area contributed by atoms with E-state index in [0.29, 0.717) is 15.2 Å². The summed E-state index contributed by atoms with van der Waals surface area (Å²) in [5, 5.41) is 11.2. The van der Waals surface area contributed by atoms with Crippen molar-refractivity contribution >= 4 is 40.0 Å². The SMILES string of the molecule is CC[C@@H](C)C(=O)Nc1nnc(SCC(=O)N2CCCCC2)s1. The Labute approximate surface area is 139 Å². The highest BCUT2D eigenvalue weighted by molar-refractivity contribution is 8.01. The molecule has 8 heteroatoms. The number of anilines is 1. The van der Waals surface area contributed by atoms with Gasteiger partial charge in [0.15, 0.2) is 4.34 Å². The van der Waals surface area contributed by atoms with Gasteiger partial charge in [-0.3, -0.25) is 9.59 Å². The predicted octanol–water partition coefficient (Wildman–Crippen LogP) is 2.63. The van der Waals surface area contributed by atoms with Crippen molar-refractivity contribution in [2.45, 2.75) is 43.9 Å². The van der Waals surface area contributed by atoms with E-state index in [9.17, 15) is 9.59 Å². The van der Waals surface area contributed by atoms with Crippen LogP contribution in [0.5, 0.6) is 0 Å². The summed E-state index contributed by atoms with van der Waals surface area (Å²) < 4.78 is 0.713. The van der Waals surface area contributed by atoms with Gasteiger partial charge < -0.3 is 10.2 Å². The summed E-state index contributed by atoms with van der Waals surface area (Å²) in [7, 11) is 0. The number of hydrogen-bond donors (Lipinski definition) is 1. The van der Waals surface area contributed by atoms with Crippen molar-refractivity contribution in [2.24, 2.45) is 5.92 Å². The Bertz CT molecular complexity index is 515. The number of amides is 2. The minimum Gasteiger partial charge on any atom is -0.342 e. The van der Waals surface area contributed by atoms with E-state index in [1.165, 1.54) is 29.5 Å². The lowest BCUT2D eigenvalue weighted by molar-refractivity contribution is -0.129. The first-order chi connectivity index (χ1) is 10.6. The van der Waals surface area contributed by atoms with E-state index in [2.05, 4.69) is 15.5 Å². The summed E-state index contributed by atoms with van der Waals surface area (Å²) in [5.74, 6) is 0.457. The Hall–Kier alpha value is -1.15. The topological polar surface area (TPSA) is 75.2 Å². The van der Waals surface area contributed by atoms with Crippen LogP contribution in [0.4, 0.5) is 5.13 Å². The number of hydrogen-bond acceptors (Lipinski definition) is 6. The van der Waals surface area contributed by atoms with Crippen molar-refractivity contribution in [1.82, 2.24) is 15.1 Å². The largest absolute Gasteiger partial charge is 0.342 e. The van der Waals surface area contributed by atoms with Crippen molar-refractivity contribution in [3.8, 4) is 0 Å². The molecule has 1 atom stereocenters. The molecule has 1 fully saturated rings. The van der Waals surface area contributed by atoms with E-state index in [4.69, 9.17) is 0 Å². The highest BCUT2D eigenvalue weighted by Crippen LogP contribution is 2.26. The lowest BCUT2D eigenvalue weighted by atomic mass is 10.1. The second kappa shape index (κ2) is 8.47. The van der Waals surface area contributed by atoms with Crippen LogP contribution in [0.25, 0.3) is 0 Å². The smallest absolute Gasteiger partial charge is 0.233 e. The quantitative estimate of drug-likeness (QED) is 0.635. The molecule has 2 amide bonds. The molecule has 0 saturated carbocycles. The number of nitrogens with zero attached hydrogens (tertiary/aromatic N) is 3. The molecule has 2 rings (SSSR count). The third kappa shape index (κ3) is 4.95. The molecule has 0 bridgehead atoms. The average Bonchev–Trinajstić information content (AvgIpc) is 3.00. The molecule has 122 valence electrons. The first kappa shape index (κ1) is 17.2. The zero-order valence-corrected chi connectivity index (χ0v) is 14.6. The molecule has 1 aliphatic rings. The van der Waals surface area contributed by atoms with Gasteiger partial charge in [-0.25, -0.2) is 0 Å². The fraction of sp³-hybridized carbons (Fsp3) is 0.714. The van der Waals surface area contributed by atoms with Gasteiger partial charge in [0.25, 0.3) is 0 Å². The molecular weight excluding hydrogens is 320 g/mol. The van der Waals surface area contributed by atoms with Gasteiger partial charge in [-0.2, -0.15) is 0 Å². The number of thioether (sulfide) groups is 1. The Morgan fingerprint density at radius 1 is 1.32 bits per heavy atom. The van der Waals surface area contributed by atoms with Gasteiger partial charge in [0.05, 0.1) is 5.75 Å². The summed E-state index contributed by atoms with van der Waals surface area (Å²) >= 11 is 2.70. The maximum Gasteiger partial charge on any atom is 0.233 e. The first-order valence-corrected chi connectivity index (χ1v) is 9.45. The Morgan fingerprint density at radius 3 is 2.73 bits per heavy atom. The van der Waals surface area contributed by atoms with Gasteiger partial charge in [-0.1, -0.05) is 36.9 Å². The standard InChI is InChI=1S/C14H22N4O2S2/c1-3-10(2)12(20)15-13-16-17-14(22-13)21-9-11(19)18-7-5-4-6-8-18/h10H,3-9H2,1-2H3,(H,15,16,20)/t10-/m1/s1. The molecule has 1 saturated heterocycles. The molecule has 1 aromatic heterocycles. The second-order valence-electron chi connectivity index (χ2n) is 5.40. The normalized spacial score (nSPS) is 16.4. The lowest BCUT2D eigenvalue weighted by Gasteiger charge is -2.26. The van der Waals surface area contributed by atoms with Gasteiger partial charge in [0, 0.05) is 19.0 Å². The van der Waals surface area contributed by atoms with E-state index in [-0.39, 0.29) is 17.7 Å². The van der Waals surface area contributed by atoms with E-state index >= 15 is 0 Å². The van der Waals surface area contributed by atoms with Crippen LogP contribution in [0.1, 0.15) is 39.5 Å². The molecule has 0 aromatic carbocycles. The highest BCUT2D eigenvalue weighted by atomic mass is 32.2. The molecule has 1 aliphatic heterocycles. The van der Waals surface area contributed by atoms with E-state index in [1.807, 2.05) is 18.7 Å². The fourth-order valence-electron chi connectivity index (χ4n) is 2.09. The summed E-state index contributed by atoms with van der Waals surface area (Å²) in [5.41, 5.74) is 0. The molecule has 1 N–H and O–H groups in total. The van der Waals surface area contributed by atoms with E-state index in [1.54, 1.807) is 0 Å². The summed E-state index contributed by atoms with van der Waals surface area (Å²) in [6.07, 6.45) is 4.20. The Kier molecular flexibility index (Phi) is 6.63.